The van der Waals surface area contributed by atoms with Gasteiger partial charge in [-0.25, -0.2) is 4.79 Å². The molecule has 0 radical (unpaired) electrons. The Bertz CT molecular complexity index is 543. The summed E-state index contributed by atoms with van der Waals surface area (Å²) in [6, 6.07) is 4.58. The second kappa shape index (κ2) is 5.25. The summed E-state index contributed by atoms with van der Waals surface area (Å²) in [6.07, 6.45) is 0. The van der Waals surface area contributed by atoms with Crippen LogP contribution in [0, 0.1) is 12.3 Å². The van der Waals surface area contributed by atoms with E-state index in [1.54, 1.807) is 40.7 Å². The number of amides is 1. The third kappa shape index (κ3) is 3.17. The highest BCUT2D eigenvalue weighted by Gasteiger charge is 2.40. The molecular formula is C15H22N2O3. The lowest BCUT2D eigenvalue weighted by atomic mass is 9.74. The van der Waals surface area contributed by atoms with E-state index < -0.39 is 16.9 Å². The molecule has 0 aromatic heterocycles. The van der Waals surface area contributed by atoms with Crippen LogP contribution in [0.15, 0.2) is 18.2 Å². The summed E-state index contributed by atoms with van der Waals surface area (Å²) >= 11 is 0. The van der Waals surface area contributed by atoms with E-state index in [0.717, 1.165) is 0 Å². The summed E-state index contributed by atoms with van der Waals surface area (Å²) in [7, 11) is 0. The van der Waals surface area contributed by atoms with Gasteiger partial charge in [0.15, 0.2) is 0 Å². The lowest BCUT2D eigenvalue weighted by molar-refractivity contribution is -0.126. The predicted molar refractivity (Wildman–Crippen MR) is 78.8 cm³/mol. The van der Waals surface area contributed by atoms with E-state index in [9.17, 15) is 9.59 Å². The zero-order valence-corrected chi connectivity index (χ0v) is 12.6. The molecule has 4 N–H and O–H groups in total. The van der Waals surface area contributed by atoms with Crippen molar-refractivity contribution < 1.29 is 14.7 Å². The minimum atomic E-state index is -0.991. The summed E-state index contributed by atoms with van der Waals surface area (Å²) in [4.78, 5) is 23.2. The molecule has 0 atom stereocenters. The molecule has 0 saturated carbocycles. The molecule has 0 aliphatic carbocycles. The highest BCUT2D eigenvalue weighted by molar-refractivity contribution is 5.97. The largest absolute Gasteiger partial charge is 0.478 e. The van der Waals surface area contributed by atoms with Crippen molar-refractivity contribution in [3.05, 3.63) is 29.3 Å². The van der Waals surface area contributed by atoms with Crippen LogP contribution in [0.3, 0.4) is 0 Å². The van der Waals surface area contributed by atoms with E-state index in [1.165, 1.54) is 12.1 Å². The molecule has 0 saturated heterocycles. The van der Waals surface area contributed by atoms with Crippen molar-refractivity contribution >= 4 is 17.6 Å². The van der Waals surface area contributed by atoms with Crippen LogP contribution >= 0.6 is 0 Å². The minimum absolute atomic E-state index is 0.193. The van der Waals surface area contributed by atoms with Crippen LogP contribution in [-0.2, 0) is 4.79 Å². The highest BCUT2D eigenvalue weighted by Crippen LogP contribution is 2.30. The highest BCUT2D eigenvalue weighted by atomic mass is 16.4. The fourth-order valence-corrected chi connectivity index (χ4v) is 1.51. The number of carbonyl (C=O) groups is 2. The fourth-order valence-electron chi connectivity index (χ4n) is 1.51. The maximum atomic E-state index is 12.3. The Balaban J connectivity index is 3.00. The summed E-state index contributed by atoms with van der Waals surface area (Å²) < 4.78 is 0. The lowest BCUT2D eigenvalue weighted by Crippen LogP contribution is -2.53. The van der Waals surface area contributed by atoms with E-state index in [0.29, 0.717) is 11.3 Å². The first-order chi connectivity index (χ1) is 8.96. The van der Waals surface area contributed by atoms with Gasteiger partial charge in [0.1, 0.15) is 0 Å². The molecule has 5 nitrogen and oxygen atoms in total. The molecule has 0 aliphatic rings. The first-order valence-electron chi connectivity index (χ1n) is 6.41. The molecule has 1 rings (SSSR count). The number of nitrogens with one attached hydrogen (secondary N) is 1. The zero-order valence-electron chi connectivity index (χ0n) is 12.6. The number of nitrogens with two attached hydrogens (primary N) is 1. The van der Waals surface area contributed by atoms with Crippen LogP contribution in [0.5, 0.6) is 0 Å². The van der Waals surface area contributed by atoms with Crippen LogP contribution in [-0.4, -0.2) is 22.5 Å². The molecule has 0 spiro atoms. The van der Waals surface area contributed by atoms with Gasteiger partial charge in [-0.2, -0.15) is 0 Å². The van der Waals surface area contributed by atoms with Crippen molar-refractivity contribution in [3.8, 4) is 0 Å². The Hall–Kier alpha value is -1.88. The molecule has 1 aromatic carbocycles. The number of hydrogen-bond donors (Lipinski definition) is 3. The number of benzene rings is 1. The Labute approximate surface area is 119 Å². The molecule has 0 unspecified atom stereocenters. The molecule has 20 heavy (non-hydrogen) atoms. The average molecular weight is 278 g/mol. The Morgan fingerprint density at radius 2 is 1.75 bits per heavy atom. The quantitative estimate of drug-likeness (QED) is 0.788. The SMILES string of the molecule is Cc1cc(C(=O)O)ccc1NC(=O)C(C)(C)C(C)(C)N. The molecule has 5 heteroatoms. The van der Waals surface area contributed by atoms with Crippen LogP contribution in [0.4, 0.5) is 5.69 Å². The lowest BCUT2D eigenvalue weighted by Gasteiger charge is -2.37. The van der Waals surface area contributed by atoms with Gasteiger partial charge >= 0.3 is 5.97 Å². The molecular weight excluding hydrogens is 256 g/mol. The van der Waals surface area contributed by atoms with Gasteiger partial charge in [0.2, 0.25) is 5.91 Å². The molecule has 110 valence electrons. The van der Waals surface area contributed by atoms with Crippen molar-refractivity contribution in [2.24, 2.45) is 11.1 Å². The fraction of sp³-hybridized carbons (Fsp3) is 0.467. The van der Waals surface area contributed by atoms with Crippen LogP contribution < -0.4 is 11.1 Å². The van der Waals surface area contributed by atoms with E-state index in [2.05, 4.69) is 5.32 Å². The Morgan fingerprint density at radius 3 is 2.15 bits per heavy atom. The standard InChI is InChI=1S/C15H22N2O3/c1-9-8-10(12(18)19)6-7-11(9)17-13(20)14(2,3)15(4,5)16/h6-8H,16H2,1-5H3,(H,17,20)(H,18,19). The predicted octanol–water partition coefficient (Wildman–Crippen LogP) is 2.40. The van der Waals surface area contributed by atoms with Crippen molar-refractivity contribution in [1.29, 1.82) is 0 Å². The summed E-state index contributed by atoms with van der Waals surface area (Å²) in [5, 5.41) is 11.7. The van der Waals surface area contributed by atoms with Gasteiger partial charge in [-0.05, 0) is 58.4 Å². The van der Waals surface area contributed by atoms with E-state index in [1.807, 2.05) is 0 Å². The van der Waals surface area contributed by atoms with E-state index >= 15 is 0 Å². The third-order valence-electron chi connectivity index (χ3n) is 3.90. The maximum Gasteiger partial charge on any atom is 0.335 e. The van der Waals surface area contributed by atoms with E-state index in [-0.39, 0.29) is 11.5 Å². The number of rotatable bonds is 4. The van der Waals surface area contributed by atoms with Gasteiger partial charge in [0.25, 0.3) is 0 Å². The molecule has 0 heterocycles. The van der Waals surface area contributed by atoms with Gasteiger partial charge < -0.3 is 16.2 Å². The van der Waals surface area contributed by atoms with E-state index in [4.69, 9.17) is 10.8 Å². The Morgan fingerprint density at radius 1 is 1.20 bits per heavy atom. The first kappa shape index (κ1) is 16.2. The summed E-state index contributed by atoms with van der Waals surface area (Å²) in [5.41, 5.74) is 6.08. The monoisotopic (exact) mass is 278 g/mol. The number of aromatic carboxylic acids is 1. The maximum absolute atomic E-state index is 12.3. The smallest absolute Gasteiger partial charge is 0.335 e. The number of aryl methyl sites for hydroxylation is 1. The normalized spacial score (nSPS) is 12.1. The molecule has 0 fully saturated rings. The summed E-state index contributed by atoms with van der Waals surface area (Å²) in [6.45, 7) is 8.91. The van der Waals surface area contributed by atoms with Gasteiger partial charge in [0, 0.05) is 11.2 Å². The first-order valence-corrected chi connectivity index (χ1v) is 6.41. The number of carboxylic acid groups (broad SMARTS) is 1. The second-order valence-electron chi connectivity index (χ2n) is 6.14. The van der Waals surface area contributed by atoms with Gasteiger partial charge in [-0.1, -0.05) is 0 Å². The number of carbonyl (C=O) groups excluding carboxylic acids is 1. The number of anilines is 1. The van der Waals surface area contributed by atoms with Gasteiger partial charge in [-0.3, -0.25) is 4.79 Å². The molecule has 0 bridgehead atoms. The second-order valence-corrected chi connectivity index (χ2v) is 6.14. The van der Waals surface area contributed by atoms with Crippen LogP contribution in [0.25, 0.3) is 0 Å². The van der Waals surface area contributed by atoms with Crippen molar-refractivity contribution in [3.63, 3.8) is 0 Å². The number of hydrogen-bond acceptors (Lipinski definition) is 3. The zero-order chi connectivity index (χ0) is 15.7. The summed E-state index contributed by atoms with van der Waals surface area (Å²) in [5.74, 6) is -1.19. The molecule has 1 amide bonds. The van der Waals surface area contributed by atoms with Crippen molar-refractivity contribution in [1.82, 2.24) is 0 Å². The van der Waals surface area contributed by atoms with Crippen LogP contribution in [0.2, 0.25) is 0 Å². The third-order valence-corrected chi connectivity index (χ3v) is 3.90. The molecule has 1 aromatic rings. The van der Waals surface area contributed by atoms with Gasteiger partial charge in [-0.15, -0.1) is 0 Å². The van der Waals surface area contributed by atoms with Crippen LogP contribution in [0.1, 0.15) is 43.6 Å². The van der Waals surface area contributed by atoms with Crippen molar-refractivity contribution in [2.75, 3.05) is 5.32 Å². The Kier molecular flexibility index (Phi) is 4.24. The minimum Gasteiger partial charge on any atom is -0.478 e. The topological polar surface area (TPSA) is 92.4 Å². The van der Waals surface area contributed by atoms with Gasteiger partial charge in [0.05, 0.1) is 11.0 Å². The van der Waals surface area contributed by atoms with Crippen molar-refractivity contribution in [2.45, 2.75) is 40.2 Å². The number of carboxylic acids is 1. The molecule has 0 aliphatic heterocycles. The average Bonchev–Trinajstić information content (AvgIpc) is 2.29.